The summed E-state index contributed by atoms with van der Waals surface area (Å²) in [5.41, 5.74) is -1.23. The van der Waals surface area contributed by atoms with Crippen molar-refractivity contribution in [1.29, 1.82) is 0 Å². The second-order valence-corrected chi connectivity index (χ2v) is 2.66. The molecule has 2 unspecified atom stereocenters. The molecule has 7 heteroatoms. The molecule has 5 N–H and O–H groups in total. The summed E-state index contributed by atoms with van der Waals surface area (Å²) in [6, 6.07) is 0. The Labute approximate surface area is 78.3 Å². The number of H-pyrrole nitrogens is 1. The van der Waals surface area contributed by atoms with Gasteiger partial charge in [0.05, 0.1) is 12.9 Å². The first-order valence-electron chi connectivity index (χ1n) is 3.81. The molecule has 0 aliphatic rings. The number of aliphatic hydroxyl groups is 3. The average Bonchev–Trinajstić information content (AvgIpc) is 2.16. The summed E-state index contributed by atoms with van der Waals surface area (Å²) in [5.74, 6) is -0.672. The maximum atomic E-state index is 11.1. The molecule has 0 aliphatic carbocycles. The molecule has 1 aromatic heterocycles. The monoisotopic (exact) mass is 202 g/mol. The van der Waals surface area contributed by atoms with Crippen molar-refractivity contribution in [2.75, 3.05) is 6.61 Å². The van der Waals surface area contributed by atoms with Crippen molar-refractivity contribution in [3.8, 4) is 5.88 Å². The lowest BCUT2D eigenvalue weighted by atomic mass is 10.1. The van der Waals surface area contributed by atoms with Gasteiger partial charge in [0.15, 0.2) is 0 Å². The number of rotatable bonds is 3. The third-order valence-electron chi connectivity index (χ3n) is 1.72. The highest BCUT2D eigenvalue weighted by Gasteiger charge is 2.24. The predicted molar refractivity (Wildman–Crippen MR) is 44.6 cm³/mol. The Balaban J connectivity index is 3.12. The Hall–Kier alpha value is -1.44. The first-order chi connectivity index (χ1) is 6.57. The number of aromatic hydroxyl groups is 1. The third kappa shape index (κ3) is 1.90. The lowest BCUT2D eigenvalue weighted by molar-refractivity contribution is -0.0171. The van der Waals surface area contributed by atoms with Crippen molar-refractivity contribution in [3.05, 3.63) is 22.2 Å². The molecule has 1 aromatic rings. The van der Waals surface area contributed by atoms with Crippen LogP contribution in [0.1, 0.15) is 11.7 Å². The summed E-state index contributed by atoms with van der Waals surface area (Å²) in [4.78, 5) is 16.5. The Bertz CT molecular complexity index is 363. The van der Waals surface area contributed by atoms with Gasteiger partial charge in [-0.2, -0.15) is 0 Å². The topological polar surface area (TPSA) is 127 Å². The third-order valence-corrected chi connectivity index (χ3v) is 1.72. The first-order valence-corrected chi connectivity index (χ1v) is 3.81. The van der Waals surface area contributed by atoms with Crippen LogP contribution in [-0.2, 0) is 0 Å². The van der Waals surface area contributed by atoms with E-state index in [-0.39, 0.29) is 0 Å². The van der Waals surface area contributed by atoms with Crippen LogP contribution in [0.15, 0.2) is 11.1 Å². The lowest BCUT2D eigenvalue weighted by Crippen LogP contribution is -2.28. The summed E-state index contributed by atoms with van der Waals surface area (Å²) >= 11 is 0. The van der Waals surface area contributed by atoms with Crippen molar-refractivity contribution >= 4 is 0 Å². The zero-order chi connectivity index (χ0) is 10.7. The van der Waals surface area contributed by atoms with E-state index in [1.54, 1.807) is 0 Å². The van der Waals surface area contributed by atoms with E-state index in [2.05, 4.69) is 9.97 Å². The number of hydrogen-bond donors (Lipinski definition) is 5. The molecule has 0 saturated carbocycles. The van der Waals surface area contributed by atoms with E-state index in [0.29, 0.717) is 0 Å². The average molecular weight is 202 g/mol. The highest BCUT2D eigenvalue weighted by Crippen LogP contribution is 2.19. The van der Waals surface area contributed by atoms with Crippen LogP contribution in [0.25, 0.3) is 0 Å². The van der Waals surface area contributed by atoms with E-state index in [9.17, 15) is 9.90 Å². The molecule has 0 amide bonds. The molecular formula is C7H10N2O5. The van der Waals surface area contributed by atoms with Crippen LogP contribution in [-0.4, -0.2) is 43.1 Å². The van der Waals surface area contributed by atoms with Crippen LogP contribution in [0.4, 0.5) is 0 Å². The smallest absolute Gasteiger partial charge is 0.260 e. The van der Waals surface area contributed by atoms with Gasteiger partial charge in [-0.05, 0) is 0 Å². The van der Waals surface area contributed by atoms with Gasteiger partial charge in [0.25, 0.3) is 5.56 Å². The minimum absolute atomic E-state index is 0.464. The van der Waals surface area contributed by atoms with Gasteiger partial charge in [0.1, 0.15) is 17.8 Å². The fourth-order valence-electron chi connectivity index (χ4n) is 0.960. The van der Waals surface area contributed by atoms with E-state index >= 15 is 0 Å². The molecular weight excluding hydrogens is 192 g/mol. The van der Waals surface area contributed by atoms with Crippen molar-refractivity contribution in [3.63, 3.8) is 0 Å². The predicted octanol–water partition coefficient (Wildman–Crippen LogP) is -2.14. The number of hydrogen-bond acceptors (Lipinski definition) is 6. The van der Waals surface area contributed by atoms with Crippen LogP contribution < -0.4 is 5.56 Å². The van der Waals surface area contributed by atoms with Gasteiger partial charge >= 0.3 is 0 Å². The van der Waals surface area contributed by atoms with Crippen molar-refractivity contribution in [1.82, 2.24) is 9.97 Å². The molecule has 2 atom stereocenters. The van der Waals surface area contributed by atoms with E-state index in [1.807, 2.05) is 0 Å². The Morgan fingerprint density at radius 1 is 1.50 bits per heavy atom. The molecule has 0 spiro atoms. The molecule has 1 rings (SSSR count). The number of nitrogens with one attached hydrogen (secondary N) is 1. The minimum atomic E-state index is -1.67. The molecule has 7 nitrogen and oxygen atoms in total. The van der Waals surface area contributed by atoms with Gasteiger partial charge in [0, 0.05) is 0 Å². The second kappa shape index (κ2) is 4.18. The van der Waals surface area contributed by atoms with E-state index in [0.717, 1.165) is 6.33 Å². The van der Waals surface area contributed by atoms with Crippen LogP contribution in [0, 0.1) is 0 Å². The Morgan fingerprint density at radius 2 is 2.14 bits per heavy atom. The molecule has 0 saturated heterocycles. The van der Waals surface area contributed by atoms with E-state index in [1.165, 1.54) is 0 Å². The molecule has 0 bridgehead atoms. The highest BCUT2D eigenvalue weighted by molar-refractivity contribution is 5.24. The quantitative estimate of drug-likeness (QED) is 0.381. The zero-order valence-corrected chi connectivity index (χ0v) is 7.08. The standard InChI is InChI=1S/C7H10N2O5/c10-1-3(11)5(12)4-6(13)8-2-9-7(4)14/h2-3,5,10-12H,1H2,(H2,8,9,13,14). The normalized spacial score (nSPS) is 15.1. The Morgan fingerprint density at radius 3 is 2.64 bits per heavy atom. The van der Waals surface area contributed by atoms with E-state index < -0.39 is 35.8 Å². The van der Waals surface area contributed by atoms with Crippen LogP contribution >= 0.6 is 0 Å². The molecule has 78 valence electrons. The fourth-order valence-corrected chi connectivity index (χ4v) is 0.960. The summed E-state index contributed by atoms with van der Waals surface area (Å²) in [7, 11) is 0. The molecule has 1 heterocycles. The summed E-state index contributed by atoms with van der Waals surface area (Å²) in [5, 5.41) is 36.0. The summed E-state index contributed by atoms with van der Waals surface area (Å²) in [6.07, 6.45) is -2.25. The molecule has 0 radical (unpaired) electrons. The number of aliphatic hydroxyl groups excluding tert-OH is 3. The maximum Gasteiger partial charge on any atom is 0.260 e. The molecule has 0 fully saturated rings. The largest absolute Gasteiger partial charge is 0.493 e. The van der Waals surface area contributed by atoms with Crippen molar-refractivity contribution in [2.45, 2.75) is 12.2 Å². The summed E-state index contributed by atoms with van der Waals surface area (Å²) in [6.45, 7) is -0.727. The highest BCUT2D eigenvalue weighted by atomic mass is 16.4. The molecule has 0 aromatic carbocycles. The molecule has 14 heavy (non-hydrogen) atoms. The number of aromatic nitrogens is 2. The van der Waals surface area contributed by atoms with E-state index in [4.69, 9.17) is 15.3 Å². The van der Waals surface area contributed by atoms with Crippen LogP contribution in [0.3, 0.4) is 0 Å². The number of nitrogens with zero attached hydrogens (tertiary/aromatic N) is 1. The lowest BCUT2D eigenvalue weighted by Gasteiger charge is -2.14. The summed E-state index contributed by atoms with van der Waals surface area (Å²) < 4.78 is 0. The SMILES string of the molecule is O=c1[nH]cnc(O)c1C(O)C(O)CO. The fraction of sp³-hybridized carbons (Fsp3) is 0.429. The second-order valence-electron chi connectivity index (χ2n) is 2.66. The number of aromatic amines is 1. The van der Waals surface area contributed by atoms with Gasteiger partial charge in [-0.1, -0.05) is 0 Å². The minimum Gasteiger partial charge on any atom is -0.493 e. The van der Waals surface area contributed by atoms with Gasteiger partial charge < -0.3 is 25.4 Å². The first kappa shape index (κ1) is 10.6. The van der Waals surface area contributed by atoms with Crippen LogP contribution in [0.2, 0.25) is 0 Å². The van der Waals surface area contributed by atoms with Gasteiger partial charge in [-0.3, -0.25) is 4.79 Å². The maximum absolute atomic E-state index is 11.1. The Kier molecular flexibility index (Phi) is 3.18. The zero-order valence-electron chi connectivity index (χ0n) is 7.08. The molecule has 0 aliphatic heterocycles. The van der Waals surface area contributed by atoms with Crippen LogP contribution in [0.5, 0.6) is 5.88 Å². The van der Waals surface area contributed by atoms with Crippen molar-refractivity contribution < 1.29 is 20.4 Å². The van der Waals surface area contributed by atoms with Gasteiger partial charge in [0.2, 0.25) is 5.88 Å². The van der Waals surface area contributed by atoms with Gasteiger partial charge in [-0.25, -0.2) is 4.98 Å². The van der Waals surface area contributed by atoms with Crippen molar-refractivity contribution in [2.24, 2.45) is 0 Å². The van der Waals surface area contributed by atoms with Gasteiger partial charge in [-0.15, -0.1) is 0 Å².